The van der Waals surface area contributed by atoms with E-state index >= 15 is 0 Å². The third-order valence-electron chi connectivity index (χ3n) is 4.36. The largest absolute Gasteiger partial charge is 0.382 e. The summed E-state index contributed by atoms with van der Waals surface area (Å²) < 4.78 is 1.16. The Morgan fingerprint density at radius 1 is 0.955 bits per heavy atom. The van der Waals surface area contributed by atoms with Crippen molar-refractivity contribution in [3.63, 3.8) is 0 Å². The Labute approximate surface area is 141 Å². The lowest BCUT2D eigenvalue weighted by Gasteiger charge is -2.32. The van der Waals surface area contributed by atoms with E-state index in [2.05, 4.69) is 80.7 Å². The van der Waals surface area contributed by atoms with Crippen molar-refractivity contribution in [1.29, 1.82) is 0 Å². The average molecular weight is 359 g/mol. The number of nitrogens with zero attached hydrogens (tertiary/aromatic N) is 1. The topological polar surface area (TPSA) is 15.3 Å². The van der Waals surface area contributed by atoms with Crippen LogP contribution in [-0.4, -0.2) is 30.6 Å². The molecule has 2 aromatic rings. The second-order valence-electron chi connectivity index (χ2n) is 6.00. The second-order valence-corrected chi connectivity index (χ2v) is 6.92. The van der Waals surface area contributed by atoms with Crippen molar-refractivity contribution >= 4 is 21.6 Å². The summed E-state index contributed by atoms with van der Waals surface area (Å²) in [6, 6.07) is 19.9. The van der Waals surface area contributed by atoms with Gasteiger partial charge < -0.3 is 10.2 Å². The first-order valence-electron chi connectivity index (χ1n) is 8.08. The van der Waals surface area contributed by atoms with Crippen LogP contribution in [0.5, 0.6) is 0 Å². The lowest BCUT2D eigenvalue weighted by Crippen LogP contribution is -2.40. The molecule has 0 unspecified atom stereocenters. The van der Waals surface area contributed by atoms with E-state index in [1.54, 1.807) is 0 Å². The number of rotatable bonds is 5. The third-order valence-corrected chi connectivity index (χ3v) is 4.89. The van der Waals surface area contributed by atoms with Gasteiger partial charge in [-0.15, -0.1) is 0 Å². The minimum Gasteiger partial charge on any atom is -0.382 e. The van der Waals surface area contributed by atoms with Gasteiger partial charge in [-0.3, -0.25) is 0 Å². The van der Waals surface area contributed by atoms with Crippen LogP contribution >= 0.6 is 15.9 Å². The van der Waals surface area contributed by atoms with Crippen LogP contribution in [-0.2, 0) is 6.42 Å². The van der Waals surface area contributed by atoms with Crippen molar-refractivity contribution in [2.24, 2.45) is 0 Å². The van der Waals surface area contributed by atoms with Crippen LogP contribution in [0.4, 0.5) is 5.69 Å². The van der Waals surface area contributed by atoms with Crippen LogP contribution in [0.3, 0.4) is 0 Å². The lowest BCUT2D eigenvalue weighted by molar-refractivity contribution is 0.221. The monoisotopic (exact) mass is 358 g/mol. The molecule has 0 bridgehead atoms. The van der Waals surface area contributed by atoms with Crippen molar-refractivity contribution in [3.05, 3.63) is 64.6 Å². The smallest absolute Gasteiger partial charge is 0.0342 e. The molecule has 0 aliphatic carbocycles. The summed E-state index contributed by atoms with van der Waals surface area (Å²) >= 11 is 3.49. The maximum atomic E-state index is 3.65. The molecule has 0 radical (unpaired) electrons. The summed E-state index contributed by atoms with van der Waals surface area (Å²) in [5.41, 5.74) is 2.67. The molecule has 3 heteroatoms. The van der Waals surface area contributed by atoms with E-state index in [4.69, 9.17) is 0 Å². The molecular weight excluding hydrogens is 336 g/mol. The van der Waals surface area contributed by atoms with Crippen LogP contribution in [0.2, 0.25) is 0 Å². The quantitative estimate of drug-likeness (QED) is 0.841. The number of nitrogens with one attached hydrogen (secondary N) is 1. The van der Waals surface area contributed by atoms with Gasteiger partial charge in [0.1, 0.15) is 0 Å². The first-order valence-corrected chi connectivity index (χ1v) is 8.87. The molecule has 1 aliphatic heterocycles. The maximum absolute atomic E-state index is 3.65. The van der Waals surface area contributed by atoms with Crippen LogP contribution in [0.25, 0.3) is 0 Å². The van der Waals surface area contributed by atoms with Crippen molar-refractivity contribution in [2.75, 3.05) is 25.0 Å². The van der Waals surface area contributed by atoms with Crippen molar-refractivity contribution in [2.45, 2.75) is 25.3 Å². The number of likely N-dealkylation sites (tertiary alicyclic amines) is 1. The Hall–Kier alpha value is -1.32. The van der Waals surface area contributed by atoms with E-state index < -0.39 is 0 Å². The number of halogens is 1. The van der Waals surface area contributed by atoms with Crippen molar-refractivity contribution in [3.8, 4) is 0 Å². The van der Waals surface area contributed by atoms with Gasteiger partial charge in [-0.2, -0.15) is 0 Å². The second kappa shape index (κ2) is 7.80. The van der Waals surface area contributed by atoms with Crippen LogP contribution in [0, 0.1) is 0 Å². The van der Waals surface area contributed by atoms with E-state index in [0.717, 1.165) is 10.9 Å². The molecule has 2 aromatic carbocycles. The number of piperidine rings is 1. The molecule has 2 nitrogen and oxygen atoms in total. The Kier molecular flexibility index (Phi) is 5.52. The molecular formula is C19H23BrN2. The van der Waals surface area contributed by atoms with Gasteiger partial charge in [0, 0.05) is 35.8 Å². The molecule has 0 atom stereocenters. The minimum atomic E-state index is 0.617. The van der Waals surface area contributed by atoms with Gasteiger partial charge in [0.2, 0.25) is 0 Å². The Bertz CT molecular complexity index is 560. The molecule has 1 N–H and O–H groups in total. The van der Waals surface area contributed by atoms with Crippen molar-refractivity contribution < 1.29 is 0 Å². The molecule has 0 spiro atoms. The lowest BCUT2D eigenvalue weighted by atomic mass is 10.0. The molecule has 1 fully saturated rings. The Morgan fingerprint density at radius 2 is 1.64 bits per heavy atom. The van der Waals surface area contributed by atoms with Gasteiger partial charge in [-0.05, 0) is 49.1 Å². The molecule has 3 rings (SSSR count). The summed E-state index contributed by atoms with van der Waals surface area (Å²) in [5, 5.41) is 3.65. The number of hydrogen-bond donors (Lipinski definition) is 1. The molecule has 22 heavy (non-hydrogen) atoms. The van der Waals surface area contributed by atoms with Gasteiger partial charge in [-0.25, -0.2) is 0 Å². The zero-order valence-corrected chi connectivity index (χ0v) is 14.4. The molecule has 0 saturated carbocycles. The van der Waals surface area contributed by atoms with Gasteiger partial charge >= 0.3 is 0 Å². The minimum absolute atomic E-state index is 0.617. The number of hydrogen-bond acceptors (Lipinski definition) is 2. The van der Waals surface area contributed by atoms with Crippen LogP contribution in [0.1, 0.15) is 18.4 Å². The SMILES string of the molecule is Brc1ccc(CCN2CCC(Nc3ccccc3)CC2)cc1. The Balaban J connectivity index is 1.41. The predicted octanol–water partition coefficient (Wildman–Crippen LogP) is 4.57. The molecule has 116 valence electrons. The normalized spacial score (nSPS) is 16.6. The molecule has 1 heterocycles. The number of anilines is 1. The predicted molar refractivity (Wildman–Crippen MR) is 97.4 cm³/mol. The van der Waals surface area contributed by atoms with E-state index in [1.165, 1.54) is 43.7 Å². The first kappa shape index (κ1) is 15.6. The molecule has 0 amide bonds. The molecule has 1 saturated heterocycles. The highest BCUT2D eigenvalue weighted by Crippen LogP contribution is 2.17. The summed E-state index contributed by atoms with van der Waals surface area (Å²) in [7, 11) is 0. The van der Waals surface area contributed by atoms with Crippen molar-refractivity contribution in [1.82, 2.24) is 4.90 Å². The maximum Gasteiger partial charge on any atom is 0.0342 e. The summed E-state index contributed by atoms with van der Waals surface area (Å²) in [4.78, 5) is 2.59. The van der Waals surface area contributed by atoms with Gasteiger partial charge in [0.05, 0.1) is 0 Å². The highest BCUT2D eigenvalue weighted by Gasteiger charge is 2.18. The van der Waals surface area contributed by atoms with Gasteiger partial charge in [0.25, 0.3) is 0 Å². The van der Waals surface area contributed by atoms with E-state index in [1.807, 2.05) is 0 Å². The van der Waals surface area contributed by atoms with E-state index in [-0.39, 0.29) is 0 Å². The highest BCUT2D eigenvalue weighted by molar-refractivity contribution is 9.10. The van der Waals surface area contributed by atoms with Gasteiger partial charge in [0.15, 0.2) is 0 Å². The fraction of sp³-hybridized carbons (Fsp3) is 0.368. The molecule has 0 aromatic heterocycles. The first-order chi connectivity index (χ1) is 10.8. The standard InChI is InChI=1S/C19H23BrN2/c20-17-8-6-16(7-9-17)10-13-22-14-11-19(12-15-22)21-18-4-2-1-3-5-18/h1-9,19,21H,10-15H2. The fourth-order valence-electron chi connectivity index (χ4n) is 3.01. The number of benzene rings is 2. The summed E-state index contributed by atoms with van der Waals surface area (Å²) in [5.74, 6) is 0. The summed E-state index contributed by atoms with van der Waals surface area (Å²) in [6.07, 6.45) is 3.61. The molecule has 1 aliphatic rings. The zero-order chi connectivity index (χ0) is 15.2. The number of para-hydroxylation sites is 1. The Morgan fingerprint density at radius 3 is 2.32 bits per heavy atom. The van der Waals surface area contributed by atoms with E-state index in [9.17, 15) is 0 Å². The highest BCUT2D eigenvalue weighted by atomic mass is 79.9. The zero-order valence-electron chi connectivity index (χ0n) is 12.8. The third kappa shape index (κ3) is 4.59. The van der Waals surface area contributed by atoms with Crippen LogP contribution in [0.15, 0.2) is 59.1 Å². The fourth-order valence-corrected chi connectivity index (χ4v) is 3.27. The van der Waals surface area contributed by atoms with Crippen LogP contribution < -0.4 is 5.32 Å². The van der Waals surface area contributed by atoms with Gasteiger partial charge in [-0.1, -0.05) is 46.3 Å². The van der Waals surface area contributed by atoms with E-state index in [0.29, 0.717) is 6.04 Å². The summed E-state index contributed by atoms with van der Waals surface area (Å²) in [6.45, 7) is 3.56. The average Bonchev–Trinajstić information content (AvgIpc) is 2.57.